The molecule has 0 unspecified atom stereocenters. The van der Waals surface area contributed by atoms with E-state index in [-0.39, 0.29) is 11.9 Å². The van der Waals surface area contributed by atoms with Crippen LogP contribution in [0.5, 0.6) is 0 Å². The average Bonchev–Trinajstić information content (AvgIpc) is 3.25. The van der Waals surface area contributed by atoms with Crippen molar-refractivity contribution in [2.45, 2.75) is 20.3 Å². The van der Waals surface area contributed by atoms with Gasteiger partial charge in [0.2, 0.25) is 11.9 Å². The van der Waals surface area contributed by atoms with Crippen LogP contribution in [0.4, 0.5) is 11.6 Å². The summed E-state index contributed by atoms with van der Waals surface area (Å²) in [5.74, 6) is 1.06. The van der Waals surface area contributed by atoms with E-state index in [9.17, 15) is 4.79 Å². The summed E-state index contributed by atoms with van der Waals surface area (Å²) < 4.78 is 5.73. The molecule has 0 aliphatic carbocycles. The first-order valence-electron chi connectivity index (χ1n) is 11.0. The summed E-state index contributed by atoms with van der Waals surface area (Å²) in [6.07, 6.45) is 2.54. The van der Waals surface area contributed by atoms with Crippen LogP contribution in [0.25, 0.3) is 33.5 Å². The van der Waals surface area contributed by atoms with Crippen molar-refractivity contribution in [1.29, 1.82) is 0 Å². The van der Waals surface area contributed by atoms with Crippen molar-refractivity contribution < 1.29 is 9.32 Å². The zero-order valence-electron chi connectivity index (χ0n) is 19.2. The Hall–Kier alpha value is -3.94. The summed E-state index contributed by atoms with van der Waals surface area (Å²) in [6, 6.07) is 15.9. The van der Waals surface area contributed by atoms with Crippen molar-refractivity contribution in [3.8, 4) is 22.6 Å². The van der Waals surface area contributed by atoms with Gasteiger partial charge in [-0.1, -0.05) is 23.4 Å². The molecule has 4 rings (SSSR count). The standard InChI is InChI=1S/C25H28N6O2/c1-4-31(17(2)32)14-6-13-30(3)20-8-5-7-19(15-20)24-21-16-18(9-10-23(21)29-33-24)22-11-12-27-25(26)28-22/h5,7-12,15-16H,4,6,13-14H2,1-3H3,(H2,26,27,28). The molecule has 33 heavy (non-hydrogen) atoms. The highest BCUT2D eigenvalue weighted by Crippen LogP contribution is 2.33. The third kappa shape index (κ3) is 4.95. The lowest BCUT2D eigenvalue weighted by Crippen LogP contribution is -2.31. The molecule has 8 nitrogen and oxygen atoms in total. The molecule has 0 saturated heterocycles. The van der Waals surface area contributed by atoms with E-state index in [1.807, 2.05) is 48.2 Å². The van der Waals surface area contributed by atoms with Crippen LogP contribution in [0.15, 0.2) is 59.3 Å². The number of nitrogens with two attached hydrogens (primary N) is 1. The van der Waals surface area contributed by atoms with Gasteiger partial charge in [-0.05, 0) is 43.7 Å². The van der Waals surface area contributed by atoms with Crippen molar-refractivity contribution >= 4 is 28.4 Å². The molecule has 0 bridgehead atoms. The fourth-order valence-electron chi connectivity index (χ4n) is 3.89. The van der Waals surface area contributed by atoms with Crippen LogP contribution in [-0.2, 0) is 4.79 Å². The molecule has 2 aromatic carbocycles. The summed E-state index contributed by atoms with van der Waals surface area (Å²) >= 11 is 0. The molecule has 0 atom stereocenters. The van der Waals surface area contributed by atoms with E-state index in [1.165, 1.54) is 0 Å². The van der Waals surface area contributed by atoms with Crippen LogP contribution in [0.1, 0.15) is 20.3 Å². The number of rotatable bonds is 8. The molecule has 0 radical (unpaired) electrons. The molecule has 0 aliphatic heterocycles. The molecule has 0 spiro atoms. The second-order valence-corrected chi connectivity index (χ2v) is 7.97. The number of fused-ring (bicyclic) bond motifs is 1. The molecule has 4 aromatic rings. The highest BCUT2D eigenvalue weighted by Gasteiger charge is 2.14. The molecule has 0 saturated carbocycles. The minimum atomic E-state index is 0.114. The van der Waals surface area contributed by atoms with Gasteiger partial charge in [0, 0.05) is 56.6 Å². The van der Waals surface area contributed by atoms with Crippen molar-refractivity contribution in [2.75, 3.05) is 37.3 Å². The van der Waals surface area contributed by atoms with Crippen LogP contribution in [0.2, 0.25) is 0 Å². The summed E-state index contributed by atoms with van der Waals surface area (Å²) in [7, 11) is 2.05. The van der Waals surface area contributed by atoms with Crippen LogP contribution < -0.4 is 10.6 Å². The van der Waals surface area contributed by atoms with E-state index in [0.717, 1.165) is 59.5 Å². The van der Waals surface area contributed by atoms with Crippen molar-refractivity contribution in [2.24, 2.45) is 0 Å². The highest BCUT2D eigenvalue weighted by molar-refractivity contribution is 5.94. The predicted molar refractivity (Wildman–Crippen MR) is 131 cm³/mol. The summed E-state index contributed by atoms with van der Waals surface area (Å²) in [4.78, 5) is 23.9. The quantitative estimate of drug-likeness (QED) is 0.434. The summed E-state index contributed by atoms with van der Waals surface area (Å²) in [5.41, 5.74) is 10.2. The lowest BCUT2D eigenvalue weighted by atomic mass is 10.0. The molecule has 2 N–H and O–H groups in total. The number of hydrogen-bond donors (Lipinski definition) is 1. The first-order chi connectivity index (χ1) is 16.0. The SMILES string of the molecule is CCN(CCCN(C)c1cccc(-c2onc3ccc(-c4ccnc(N)n4)cc23)c1)C(C)=O. The Balaban J connectivity index is 1.57. The van der Waals surface area contributed by atoms with Gasteiger partial charge in [0.1, 0.15) is 5.52 Å². The monoisotopic (exact) mass is 444 g/mol. The van der Waals surface area contributed by atoms with E-state index in [4.69, 9.17) is 10.3 Å². The van der Waals surface area contributed by atoms with Gasteiger partial charge in [-0.3, -0.25) is 4.79 Å². The lowest BCUT2D eigenvalue weighted by molar-refractivity contribution is -0.128. The van der Waals surface area contributed by atoms with Crippen molar-refractivity contribution in [1.82, 2.24) is 20.0 Å². The smallest absolute Gasteiger partial charge is 0.220 e. The summed E-state index contributed by atoms with van der Waals surface area (Å²) in [6.45, 7) is 5.93. The van der Waals surface area contributed by atoms with E-state index in [1.54, 1.807) is 13.1 Å². The van der Waals surface area contributed by atoms with E-state index >= 15 is 0 Å². The van der Waals surface area contributed by atoms with E-state index in [2.05, 4.69) is 39.2 Å². The zero-order chi connectivity index (χ0) is 23.4. The van der Waals surface area contributed by atoms with Crippen molar-refractivity contribution in [3.63, 3.8) is 0 Å². The second-order valence-electron chi connectivity index (χ2n) is 7.97. The summed E-state index contributed by atoms with van der Waals surface area (Å²) in [5, 5.41) is 5.14. The molecule has 2 heterocycles. The van der Waals surface area contributed by atoms with E-state index in [0.29, 0.717) is 5.76 Å². The Morgan fingerprint density at radius 3 is 2.70 bits per heavy atom. The van der Waals surface area contributed by atoms with Crippen molar-refractivity contribution in [3.05, 3.63) is 54.7 Å². The maximum absolute atomic E-state index is 11.6. The number of aromatic nitrogens is 3. The first kappa shape index (κ1) is 22.3. The first-order valence-corrected chi connectivity index (χ1v) is 11.0. The fourth-order valence-corrected chi connectivity index (χ4v) is 3.89. The van der Waals surface area contributed by atoms with Crippen LogP contribution in [-0.4, -0.2) is 52.6 Å². The van der Waals surface area contributed by atoms with Gasteiger partial charge in [-0.2, -0.15) is 0 Å². The number of benzene rings is 2. The molecule has 8 heteroatoms. The number of nitrogen functional groups attached to an aromatic ring is 1. The van der Waals surface area contributed by atoms with Gasteiger partial charge in [0.15, 0.2) is 5.76 Å². The zero-order valence-corrected chi connectivity index (χ0v) is 19.2. The maximum Gasteiger partial charge on any atom is 0.220 e. The molecular formula is C25H28N6O2. The van der Waals surface area contributed by atoms with Gasteiger partial charge in [0.05, 0.1) is 11.1 Å². The van der Waals surface area contributed by atoms with E-state index < -0.39 is 0 Å². The third-order valence-electron chi connectivity index (χ3n) is 5.74. The topological polar surface area (TPSA) is 101 Å². The minimum absolute atomic E-state index is 0.114. The van der Waals surface area contributed by atoms with Gasteiger partial charge in [0.25, 0.3) is 0 Å². The number of carbonyl (C=O) groups is 1. The molecule has 0 aliphatic rings. The Morgan fingerprint density at radius 1 is 1.09 bits per heavy atom. The minimum Gasteiger partial charge on any atom is -0.375 e. The molecule has 170 valence electrons. The van der Waals surface area contributed by atoms with Crippen LogP contribution in [0.3, 0.4) is 0 Å². The molecule has 1 amide bonds. The Morgan fingerprint density at radius 2 is 1.94 bits per heavy atom. The average molecular weight is 445 g/mol. The lowest BCUT2D eigenvalue weighted by Gasteiger charge is -2.23. The predicted octanol–water partition coefficient (Wildman–Crippen LogP) is 4.23. The number of anilines is 2. The largest absolute Gasteiger partial charge is 0.375 e. The van der Waals surface area contributed by atoms with Crippen LogP contribution in [0, 0.1) is 0 Å². The number of nitrogens with zero attached hydrogens (tertiary/aromatic N) is 5. The highest BCUT2D eigenvalue weighted by atomic mass is 16.5. The van der Waals surface area contributed by atoms with Gasteiger partial charge < -0.3 is 20.1 Å². The number of amides is 1. The maximum atomic E-state index is 11.6. The number of carbonyl (C=O) groups excluding carboxylic acids is 1. The van der Waals surface area contributed by atoms with Gasteiger partial charge in [-0.25, -0.2) is 9.97 Å². The molecule has 2 aromatic heterocycles. The Kier molecular flexibility index (Phi) is 6.53. The van der Waals surface area contributed by atoms with Gasteiger partial charge in [-0.15, -0.1) is 0 Å². The molecule has 0 fully saturated rings. The molecular weight excluding hydrogens is 416 g/mol. The second kappa shape index (κ2) is 9.68. The fraction of sp³-hybridized carbons (Fsp3) is 0.280. The van der Waals surface area contributed by atoms with Gasteiger partial charge >= 0.3 is 0 Å². The normalized spacial score (nSPS) is 11.0. The third-order valence-corrected chi connectivity index (χ3v) is 5.74. The Bertz CT molecular complexity index is 1270. The number of hydrogen-bond acceptors (Lipinski definition) is 7. The Labute approximate surface area is 193 Å². The van der Waals surface area contributed by atoms with Crippen LogP contribution >= 0.6 is 0 Å².